The minimum atomic E-state index is -1.08. The maximum Gasteiger partial charge on any atom is 0.356 e. The van der Waals surface area contributed by atoms with Gasteiger partial charge in [0.05, 0.1) is 19.0 Å². The van der Waals surface area contributed by atoms with E-state index in [9.17, 15) is 4.79 Å². The molecule has 1 aliphatic rings. The third kappa shape index (κ3) is 4.11. The molecule has 7 heteroatoms. The van der Waals surface area contributed by atoms with Gasteiger partial charge in [-0.05, 0) is 37.5 Å². The lowest BCUT2D eigenvalue weighted by atomic mass is 9.74. The number of benzene rings is 1. The first-order valence-corrected chi connectivity index (χ1v) is 8.73. The molecule has 0 atom stereocenters. The van der Waals surface area contributed by atoms with Crippen molar-refractivity contribution < 1.29 is 19.4 Å². The molecule has 2 aromatic rings. The quantitative estimate of drug-likeness (QED) is 0.787. The third-order valence-electron chi connectivity index (χ3n) is 4.71. The van der Waals surface area contributed by atoms with Crippen LogP contribution in [0.4, 0.5) is 5.82 Å². The first kappa shape index (κ1) is 18.1. The van der Waals surface area contributed by atoms with Gasteiger partial charge in [-0.25, -0.2) is 14.8 Å². The summed E-state index contributed by atoms with van der Waals surface area (Å²) in [6, 6.07) is 8.21. The summed E-state index contributed by atoms with van der Waals surface area (Å²) >= 11 is 0. The topological polar surface area (TPSA) is 93.6 Å². The zero-order valence-electron chi connectivity index (χ0n) is 14.8. The molecule has 138 valence electrons. The smallest absolute Gasteiger partial charge is 0.356 e. The molecule has 0 bridgehead atoms. The number of aromatic carboxylic acids is 1. The molecule has 26 heavy (non-hydrogen) atoms. The zero-order chi connectivity index (χ0) is 18.4. The van der Waals surface area contributed by atoms with Crippen LogP contribution in [0.3, 0.4) is 0 Å². The lowest BCUT2D eigenvalue weighted by Crippen LogP contribution is -2.40. The van der Waals surface area contributed by atoms with Gasteiger partial charge in [0, 0.05) is 25.2 Å². The summed E-state index contributed by atoms with van der Waals surface area (Å²) < 4.78 is 11.1. The van der Waals surface area contributed by atoms with Gasteiger partial charge in [0.1, 0.15) is 11.6 Å². The Hall–Kier alpha value is -2.67. The molecule has 1 aromatic heterocycles. The van der Waals surface area contributed by atoms with E-state index in [0.717, 1.165) is 18.6 Å². The van der Waals surface area contributed by atoms with E-state index in [0.29, 0.717) is 32.2 Å². The SMILES string of the molecule is CCOc1ccc(C2(CNc3cnc(C(=O)O)cn3)CCOCC2)cc1. The van der Waals surface area contributed by atoms with Crippen LogP contribution in [-0.2, 0) is 10.2 Å². The Morgan fingerprint density at radius 1 is 1.23 bits per heavy atom. The maximum absolute atomic E-state index is 10.9. The highest BCUT2D eigenvalue weighted by molar-refractivity contribution is 5.84. The number of hydrogen-bond donors (Lipinski definition) is 2. The van der Waals surface area contributed by atoms with Gasteiger partial charge < -0.3 is 19.9 Å². The van der Waals surface area contributed by atoms with Crippen molar-refractivity contribution >= 4 is 11.8 Å². The second kappa shape index (κ2) is 8.14. The monoisotopic (exact) mass is 357 g/mol. The molecule has 0 aliphatic carbocycles. The van der Waals surface area contributed by atoms with E-state index in [2.05, 4.69) is 27.4 Å². The molecule has 2 heterocycles. The molecule has 1 saturated heterocycles. The third-order valence-corrected chi connectivity index (χ3v) is 4.71. The Morgan fingerprint density at radius 3 is 2.54 bits per heavy atom. The number of rotatable bonds is 7. The van der Waals surface area contributed by atoms with E-state index in [4.69, 9.17) is 14.6 Å². The summed E-state index contributed by atoms with van der Waals surface area (Å²) in [5.74, 6) is 0.340. The normalized spacial score (nSPS) is 16.0. The molecule has 0 saturated carbocycles. The van der Waals surface area contributed by atoms with Gasteiger partial charge in [0.25, 0.3) is 0 Å². The number of carboxylic acid groups (broad SMARTS) is 1. The average molecular weight is 357 g/mol. The summed E-state index contributed by atoms with van der Waals surface area (Å²) in [4.78, 5) is 18.9. The largest absolute Gasteiger partial charge is 0.494 e. The second-order valence-electron chi connectivity index (χ2n) is 6.30. The molecule has 0 spiro atoms. The van der Waals surface area contributed by atoms with Crippen molar-refractivity contribution in [1.29, 1.82) is 0 Å². The van der Waals surface area contributed by atoms with Gasteiger partial charge in [-0.15, -0.1) is 0 Å². The zero-order valence-corrected chi connectivity index (χ0v) is 14.8. The Morgan fingerprint density at radius 2 is 1.96 bits per heavy atom. The Balaban J connectivity index is 1.75. The summed E-state index contributed by atoms with van der Waals surface area (Å²) in [5, 5.41) is 12.2. The minimum absolute atomic E-state index is 0.0668. The van der Waals surface area contributed by atoms with Crippen molar-refractivity contribution in [3.05, 3.63) is 47.9 Å². The van der Waals surface area contributed by atoms with Crippen molar-refractivity contribution in [2.45, 2.75) is 25.2 Å². The Labute approximate surface area is 152 Å². The molecule has 7 nitrogen and oxygen atoms in total. The van der Waals surface area contributed by atoms with Gasteiger partial charge >= 0.3 is 5.97 Å². The molecule has 3 rings (SSSR count). The molecular formula is C19H23N3O4. The van der Waals surface area contributed by atoms with E-state index in [1.54, 1.807) is 0 Å². The van der Waals surface area contributed by atoms with Crippen LogP contribution in [0.25, 0.3) is 0 Å². The summed E-state index contributed by atoms with van der Waals surface area (Å²) in [6.45, 7) is 4.70. The number of anilines is 1. The van der Waals surface area contributed by atoms with Gasteiger partial charge in [0.15, 0.2) is 5.69 Å². The number of carbonyl (C=O) groups is 1. The highest BCUT2D eigenvalue weighted by atomic mass is 16.5. The fraction of sp³-hybridized carbons (Fsp3) is 0.421. The van der Waals surface area contributed by atoms with Gasteiger partial charge in [0.2, 0.25) is 0 Å². The first-order valence-electron chi connectivity index (χ1n) is 8.73. The minimum Gasteiger partial charge on any atom is -0.494 e. The average Bonchev–Trinajstić information content (AvgIpc) is 2.68. The Kier molecular flexibility index (Phi) is 5.68. The molecule has 2 N–H and O–H groups in total. The highest BCUT2D eigenvalue weighted by Crippen LogP contribution is 2.35. The lowest BCUT2D eigenvalue weighted by Gasteiger charge is -2.38. The molecular weight excluding hydrogens is 334 g/mol. The molecule has 0 radical (unpaired) electrons. The number of nitrogens with zero attached hydrogens (tertiary/aromatic N) is 2. The van der Waals surface area contributed by atoms with Crippen LogP contribution >= 0.6 is 0 Å². The predicted octanol–water partition coefficient (Wildman–Crippen LogP) is 2.73. The molecule has 1 aromatic carbocycles. The molecule has 0 amide bonds. The van der Waals surface area contributed by atoms with E-state index in [1.807, 2.05) is 19.1 Å². The van der Waals surface area contributed by atoms with Crippen molar-refractivity contribution in [1.82, 2.24) is 9.97 Å². The summed E-state index contributed by atoms with van der Waals surface area (Å²) in [6.07, 6.45) is 4.51. The first-order chi connectivity index (χ1) is 12.6. The van der Waals surface area contributed by atoms with Crippen LogP contribution in [0.5, 0.6) is 5.75 Å². The number of nitrogens with one attached hydrogen (secondary N) is 1. The van der Waals surface area contributed by atoms with Crippen molar-refractivity contribution in [3.8, 4) is 5.75 Å². The number of carboxylic acids is 1. The molecule has 0 unspecified atom stereocenters. The van der Waals surface area contributed by atoms with E-state index in [-0.39, 0.29) is 11.1 Å². The second-order valence-corrected chi connectivity index (χ2v) is 6.30. The van der Waals surface area contributed by atoms with Crippen LogP contribution < -0.4 is 10.1 Å². The van der Waals surface area contributed by atoms with Crippen molar-refractivity contribution in [2.24, 2.45) is 0 Å². The van der Waals surface area contributed by atoms with Crippen LogP contribution in [0.2, 0.25) is 0 Å². The van der Waals surface area contributed by atoms with Crippen LogP contribution in [0.15, 0.2) is 36.7 Å². The number of hydrogen-bond acceptors (Lipinski definition) is 6. The van der Waals surface area contributed by atoms with Gasteiger partial charge in [-0.1, -0.05) is 12.1 Å². The van der Waals surface area contributed by atoms with E-state index in [1.165, 1.54) is 18.0 Å². The predicted molar refractivity (Wildman–Crippen MR) is 96.8 cm³/mol. The highest BCUT2D eigenvalue weighted by Gasteiger charge is 2.34. The lowest BCUT2D eigenvalue weighted by molar-refractivity contribution is 0.0543. The van der Waals surface area contributed by atoms with E-state index < -0.39 is 5.97 Å². The summed E-state index contributed by atoms with van der Waals surface area (Å²) in [5.41, 5.74) is 1.09. The van der Waals surface area contributed by atoms with Crippen molar-refractivity contribution in [2.75, 3.05) is 31.7 Å². The molecule has 1 aliphatic heterocycles. The van der Waals surface area contributed by atoms with Gasteiger partial charge in [-0.3, -0.25) is 0 Å². The van der Waals surface area contributed by atoms with Gasteiger partial charge in [-0.2, -0.15) is 0 Å². The fourth-order valence-electron chi connectivity index (χ4n) is 3.19. The van der Waals surface area contributed by atoms with Crippen LogP contribution in [-0.4, -0.2) is 47.4 Å². The van der Waals surface area contributed by atoms with Crippen LogP contribution in [0.1, 0.15) is 35.8 Å². The maximum atomic E-state index is 10.9. The van der Waals surface area contributed by atoms with Crippen molar-refractivity contribution in [3.63, 3.8) is 0 Å². The fourth-order valence-corrected chi connectivity index (χ4v) is 3.19. The molecule has 1 fully saturated rings. The van der Waals surface area contributed by atoms with Crippen LogP contribution in [0, 0.1) is 0 Å². The van der Waals surface area contributed by atoms with E-state index >= 15 is 0 Å². The number of aromatic nitrogens is 2. The Bertz CT molecular complexity index is 725. The standard InChI is InChI=1S/C19H23N3O4/c1-2-26-15-5-3-14(4-6-15)19(7-9-25-10-8-19)13-22-17-12-20-16(11-21-17)18(23)24/h3-6,11-12H,2,7-10,13H2,1H3,(H,21,22)(H,23,24). The number of ether oxygens (including phenoxy) is 2. The summed E-state index contributed by atoms with van der Waals surface area (Å²) in [7, 11) is 0.